The van der Waals surface area contributed by atoms with E-state index in [2.05, 4.69) is 43.1 Å². The molecule has 0 aliphatic carbocycles. The molecule has 0 aliphatic rings. The van der Waals surface area contributed by atoms with Crippen molar-refractivity contribution < 1.29 is 4.42 Å². The average molecular weight is 286 g/mol. The number of benzene rings is 1. The Morgan fingerprint density at radius 3 is 2.60 bits per heavy atom. The molecule has 0 amide bonds. The first-order valence-corrected chi connectivity index (χ1v) is 7.14. The number of hydrogen-bond acceptors (Lipinski definition) is 2. The molecule has 0 spiro atoms. The van der Waals surface area contributed by atoms with Crippen molar-refractivity contribution in [1.82, 2.24) is 4.98 Å². The van der Waals surface area contributed by atoms with E-state index in [0.29, 0.717) is 11.1 Å². The molecule has 0 unspecified atom stereocenters. The third-order valence-corrected chi connectivity index (χ3v) is 3.48. The molecule has 0 saturated heterocycles. The fourth-order valence-electron chi connectivity index (χ4n) is 2.43. The van der Waals surface area contributed by atoms with Crippen molar-refractivity contribution in [2.45, 2.75) is 20.3 Å². The standard InChI is InChI=1S/C17H16ClNO/c1-11(2)9-12-3-5-13(6-4-12)14-10-16(18)19-15-7-8-20-17(14)15/h3-8,10-11H,9H2,1-2H3. The van der Waals surface area contributed by atoms with Gasteiger partial charge in [-0.2, -0.15) is 0 Å². The van der Waals surface area contributed by atoms with Gasteiger partial charge in [0.1, 0.15) is 10.7 Å². The molecule has 2 nitrogen and oxygen atoms in total. The number of aromatic nitrogens is 1. The summed E-state index contributed by atoms with van der Waals surface area (Å²) in [5.41, 5.74) is 5.01. The molecule has 20 heavy (non-hydrogen) atoms. The smallest absolute Gasteiger partial charge is 0.160 e. The highest BCUT2D eigenvalue weighted by atomic mass is 35.5. The van der Waals surface area contributed by atoms with Gasteiger partial charge in [-0.05, 0) is 29.5 Å². The third kappa shape index (κ3) is 2.56. The van der Waals surface area contributed by atoms with Gasteiger partial charge in [0.15, 0.2) is 5.58 Å². The molecule has 3 rings (SSSR count). The van der Waals surface area contributed by atoms with Crippen molar-refractivity contribution in [2.24, 2.45) is 5.92 Å². The lowest BCUT2D eigenvalue weighted by Crippen LogP contribution is -1.93. The van der Waals surface area contributed by atoms with Crippen LogP contribution in [-0.2, 0) is 6.42 Å². The zero-order valence-corrected chi connectivity index (χ0v) is 12.3. The topological polar surface area (TPSA) is 26.0 Å². The predicted molar refractivity (Wildman–Crippen MR) is 83.0 cm³/mol. The van der Waals surface area contributed by atoms with E-state index in [1.54, 1.807) is 6.26 Å². The monoisotopic (exact) mass is 285 g/mol. The van der Waals surface area contributed by atoms with Crippen LogP contribution >= 0.6 is 11.6 Å². The van der Waals surface area contributed by atoms with Crippen LogP contribution in [0.2, 0.25) is 5.15 Å². The van der Waals surface area contributed by atoms with Crippen molar-refractivity contribution in [3.63, 3.8) is 0 Å². The Hall–Kier alpha value is -1.80. The van der Waals surface area contributed by atoms with Crippen LogP contribution < -0.4 is 0 Å². The minimum absolute atomic E-state index is 0.486. The van der Waals surface area contributed by atoms with E-state index in [1.165, 1.54) is 5.56 Å². The minimum Gasteiger partial charge on any atom is -0.462 e. The minimum atomic E-state index is 0.486. The molecule has 0 radical (unpaired) electrons. The summed E-state index contributed by atoms with van der Waals surface area (Å²) in [6, 6.07) is 12.2. The van der Waals surface area contributed by atoms with Gasteiger partial charge in [0.25, 0.3) is 0 Å². The molecule has 0 aliphatic heterocycles. The number of hydrogen-bond donors (Lipinski definition) is 0. The van der Waals surface area contributed by atoms with Crippen molar-refractivity contribution in [1.29, 1.82) is 0 Å². The summed E-state index contributed by atoms with van der Waals surface area (Å²) in [6.45, 7) is 4.45. The second kappa shape index (κ2) is 5.29. The van der Waals surface area contributed by atoms with E-state index in [0.717, 1.165) is 28.6 Å². The molecular weight excluding hydrogens is 270 g/mol. The van der Waals surface area contributed by atoms with Crippen LogP contribution in [0.1, 0.15) is 19.4 Å². The summed E-state index contributed by atoms with van der Waals surface area (Å²) in [4.78, 5) is 4.25. The molecule has 2 heterocycles. The Morgan fingerprint density at radius 2 is 1.90 bits per heavy atom. The van der Waals surface area contributed by atoms with Gasteiger partial charge in [0, 0.05) is 11.6 Å². The summed E-state index contributed by atoms with van der Waals surface area (Å²) in [5.74, 6) is 0.660. The van der Waals surface area contributed by atoms with Gasteiger partial charge in [-0.3, -0.25) is 0 Å². The largest absolute Gasteiger partial charge is 0.462 e. The molecule has 3 heteroatoms. The predicted octanol–water partition coefficient (Wildman–Crippen LogP) is 5.35. The summed E-state index contributed by atoms with van der Waals surface area (Å²) < 4.78 is 5.53. The van der Waals surface area contributed by atoms with Gasteiger partial charge < -0.3 is 4.42 Å². The van der Waals surface area contributed by atoms with E-state index in [-0.39, 0.29) is 0 Å². The fourth-order valence-corrected chi connectivity index (χ4v) is 2.63. The summed E-state index contributed by atoms with van der Waals surface area (Å²) in [6.07, 6.45) is 2.73. The first-order valence-electron chi connectivity index (χ1n) is 6.76. The van der Waals surface area contributed by atoms with Crippen LogP contribution in [0.5, 0.6) is 0 Å². The Labute approximate surface area is 123 Å². The third-order valence-electron chi connectivity index (χ3n) is 3.29. The lowest BCUT2D eigenvalue weighted by molar-refractivity contribution is 0.616. The van der Waals surface area contributed by atoms with E-state index in [9.17, 15) is 0 Å². The van der Waals surface area contributed by atoms with Gasteiger partial charge in [-0.1, -0.05) is 49.7 Å². The molecule has 0 atom stereocenters. The zero-order chi connectivity index (χ0) is 14.1. The second-order valence-electron chi connectivity index (χ2n) is 5.42. The lowest BCUT2D eigenvalue weighted by Gasteiger charge is -2.07. The molecule has 0 N–H and O–H groups in total. The highest BCUT2D eigenvalue weighted by Crippen LogP contribution is 2.31. The van der Waals surface area contributed by atoms with Crippen LogP contribution in [0.25, 0.3) is 22.2 Å². The number of fused-ring (bicyclic) bond motifs is 1. The normalized spacial score (nSPS) is 11.4. The van der Waals surface area contributed by atoms with E-state index in [4.69, 9.17) is 16.0 Å². The number of halogens is 1. The molecule has 0 fully saturated rings. The number of furan rings is 1. The zero-order valence-electron chi connectivity index (χ0n) is 11.6. The molecular formula is C17H16ClNO. The lowest BCUT2D eigenvalue weighted by atomic mass is 9.99. The Morgan fingerprint density at radius 1 is 1.15 bits per heavy atom. The van der Waals surface area contributed by atoms with Gasteiger partial charge in [0.2, 0.25) is 0 Å². The summed E-state index contributed by atoms with van der Waals surface area (Å²) >= 11 is 6.08. The van der Waals surface area contributed by atoms with Crippen LogP contribution in [0, 0.1) is 5.92 Å². The number of nitrogens with zero attached hydrogens (tertiary/aromatic N) is 1. The summed E-state index contributed by atoms with van der Waals surface area (Å²) in [5, 5.41) is 0.486. The quantitative estimate of drug-likeness (QED) is 0.607. The van der Waals surface area contributed by atoms with Crippen molar-refractivity contribution in [3.8, 4) is 11.1 Å². The van der Waals surface area contributed by atoms with Crippen molar-refractivity contribution in [2.75, 3.05) is 0 Å². The maximum absolute atomic E-state index is 6.08. The van der Waals surface area contributed by atoms with E-state index < -0.39 is 0 Å². The van der Waals surface area contributed by atoms with E-state index in [1.807, 2.05) is 12.1 Å². The van der Waals surface area contributed by atoms with Crippen molar-refractivity contribution in [3.05, 3.63) is 53.4 Å². The Kier molecular flexibility index (Phi) is 3.49. The maximum atomic E-state index is 6.08. The average Bonchev–Trinajstić information content (AvgIpc) is 2.86. The molecule has 3 aromatic rings. The van der Waals surface area contributed by atoms with Crippen LogP contribution in [0.4, 0.5) is 0 Å². The molecule has 2 aromatic heterocycles. The van der Waals surface area contributed by atoms with E-state index >= 15 is 0 Å². The van der Waals surface area contributed by atoms with Crippen LogP contribution in [-0.4, -0.2) is 4.98 Å². The van der Waals surface area contributed by atoms with Crippen LogP contribution in [0.3, 0.4) is 0 Å². The summed E-state index contributed by atoms with van der Waals surface area (Å²) in [7, 11) is 0. The maximum Gasteiger partial charge on any atom is 0.160 e. The highest BCUT2D eigenvalue weighted by molar-refractivity contribution is 6.30. The van der Waals surface area contributed by atoms with Gasteiger partial charge >= 0.3 is 0 Å². The first-order chi connectivity index (χ1) is 9.63. The Bertz CT molecular complexity index is 728. The molecule has 0 bridgehead atoms. The fraction of sp³-hybridized carbons (Fsp3) is 0.235. The first kappa shape index (κ1) is 13.2. The number of rotatable bonds is 3. The van der Waals surface area contributed by atoms with Gasteiger partial charge in [0.05, 0.1) is 6.26 Å². The highest BCUT2D eigenvalue weighted by Gasteiger charge is 2.10. The SMILES string of the molecule is CC(C)Cc1ccc(-c2cc(Cl)nc3ccoc23)cc1. The van der Waals surface area contributed by atoms with Gasteiger partial charge in [-0.25, -0.2) is 4.98 Å². The number of pyridine rings is 1. The Balaban J connectivity index is 2.04. The molecule has 0 saturated carbocycles. The second-order valence-corrected chi connectivity index (χ2v) is 5.81. The van der Waals surface area contributed by atoms with Crippen LogP contribution in [0.15, 0.2) is 47.1 Å². The molecule has 102 valence electrons. The van der Waals surface area contributed by atoms with Crippen molar-refractivity contribution >= 4 is 22.7 Å². The molecule has 1 aromatic carbocycles. The van der Waals surface area contributed by atoms with Gasteiger partial charge in [-0.15, -0.1) is 0 Å².